The molecule has 1 aliphatic rings. The summed E-state index contributed by atoms with van der Waals surface area (Å²) in [5, 5.41) is 0. The number of carbonyl (C=O) groups excluding carboxylic acids is 1. The molecule has 0 bridgehead atoms. The molecule has 2 atom stereocenters. The number of H-pyrrole nitrogens is 1. The molecule has 8 heteroatoms. The molecule has 1 saturated heterocycles. The molecule has 116 valence electrons. The van der Waals surface area contributed by atoms with Gasteiger partial charge in [0.05, 0.1) is 0 Å². The lowest BCUT2D eigenvalue weighted by molar-refractivity contribution is -0.141. The van der Waals surface area contributed by atoms with E-state index in [9.17, 15) is 22.8 Å². The molecule has 1 aliphatic heterocycles. The fourth-order valence-electron chi connectivity index (χ4n) is 2.56. The number of likely N-dealkylation sites (tertiary alicyclic amines) is 1. The van der Waals surface area contributed by atoms with E-state index in [0.29, 0.717) is 19.2 Å². The largest absolute Gasteiger partial charge is 0.431 e. The van der Waals surface area contributed by atoms with Crippen LogP contribution in [0.25, 0.3) is 0 Å². The van der Waals surface area contributed by atoms with Crippen LogP contribution in [0, 0.1) is 5.92 Å². The summed E-state index contributed by atoms with van der Waals surface area (Å²) in [6, 6.07) is 1.54. The number of nitrogens with one attached hydrogen (secondary N) is 1. The van der Waals surface area contributed by atoms with Gasteiger partial charge in [-0.15, -0.1) is 0 Å². The zero-order chi connectivity index (χ0) is 15.8. The standard InChI is InChI=1S/C13H16F3N3O2/c1-7-4-8(5-17)6-19(7)12(21)9-2-3-10(13(14,15)16)18-11(9)20/h2-3,7-8H,4-6,17H2,1H3,(H,18,20). The number of halogens is 3. The van der Waals surface area contributed by atoms with E-state index in [1.54, 1.807) is 4.98 Å². The van der Waals surface area contributed by atoms with E-state index in [-0.39, 0.29) is 17.5 Å². The first-order valence-electron chi connectivity index (χ1n) is 6.55. The second-order valence-corrected chi connectivity index (χ2v) is 5.26. The highest BCUT2D eigenvalue weighted by Gasteiger charge is 2.35. The lowest BCUT2D eigenvalue weighted by Crippen LogP contribution is -2.37. The molecule has 0 aromatic carbocycles. The number of pyridine rings is 1. The topological polar surface area (TPSA) is 79.2 Å². The molecule has 3 N–H and O–H groups in total. The van der Waals surface area contributed by atoms with Crippen molar-refractivity contribution < 1.29 is 18.0 Å². The summed E-state index contributed by atoms with van der Waals surface area (Å²) in [5.41, 5.74) is 3.08. The van der Waals surface area contributed by atoms with Gasteiger partial charge in [-0.1, -0.05) is 0 Å². The Hall–Kier alpha value is -1.83. The monoisotopic (exact) mass is 303 g/mol. The molecular formula is C13H16F3N3O2. The lowest BCUT2D eigenvalue weighted by atomic mass is 10.1. The van der Waals surface area contributed by atoms with Crippen LogP contribution in [0.3, 0.4) is 0 Å². The van der Waals surface area contributed by atoms with E-state index in [4.69, 9.17) is 5.73 Å². The summed E-state index contributed by atoms with van der Waals surface area (Å²) in [6.45, 7) is 2.67. The minimum atomic E-state index is -4.65. The van der Waals surface area contributed by atoms with Gasteiger partial charge in [0.1, 0.15) is 11.3 Å². The molecule has 1 fully saturated rings. The Morgan fingerprint density at radius 2 is 2.14 bits per heavy atom. The number of nitrogens with zero attached hydrogens (tertiary/aromatic N) is 1. The smallest absolute Gasteiger partial charge is 0.335 e. The van der Waals surface area contributed by atoms with Crippen molar-refractivity contribution in [2.45, 2.75) is 25.6 Å². The van der Waals surface area contributed by atoms with E-state index in [2.05, 4.69) is 0 Å². The molecule has 5 nitrogen and oxygen atoms in total. The minimum absolute atomic E-state index is 0.0901. The summed E-state index contributed by atoms with van der Waals surface area (Å²) >= 11 is 0. The van der Waals surface area contributed by atoms with Gasteiger partial charge in [-0.25, -0.2) is 0 Å². The Labute approximate surface area is 118 Å². The summed E-state index contributed by atoms with van der Waals surface area (Å²) in [6.07, 6.45) is -3.92. The van der Waals surface area contributed by atoms with Crippen LogP contribution in [0.5, 0.6) is 0 Å². The van der Waals surface area contributed by atoms with E-state index in [1.165, 1.54) is 4.90 Å². The first-order valence-corrected chi connectivity index (χ1v) is 6.55. The van der Waals surface area contributed by atoms with Crippen molar-refractivity contribution in [3.05, 3.63) is 33.7 Å². The molecule has 2 unspecified atom stereocenters. The molecule has 0 aliphatic carbocycles. The van der Waals surface area contributed by atoms with Crippen LogP contribution in [0.2, 0.25) is 0 Å². The zero-order valence-electron chi connectivity index (χ0n) is 11.4. The van der Waals surface area contributed by atoms with Crippen LogP contribution < -0.4 is 11.3 Å². The third-order valence-electron chi connectivity index (χ3n) is 3.70. The fraction of sp³-hybridized carbons (Fsp3) is 0.538. The van der Waals surface area contributed by atoms with Gasteiger partial charge in [0.25, 0.3) is 11.5 Å². The van der Waals surface area contributed by atoms with Crippen LogP contribution >= 0.6 is 0 Å². The maximum absolute atomic E-state index is 12.5. The van der Waals surface area contributed by atoms with Crippen LogP contribution in [0.15, 0.2) is 16.9 Å². The van der Waals surface area contributed by atoms with Crippen molar-refractivity contribution in [2.75, 3.05) is 13.1 Å². The molecular weight excluding hydrogens is 287 g/mol. The average molecular weight is 303 g/mol. The maximum atomic E-state index is 12.5. The molecule has 1 amide bonds. The summed E-state index contributed by atoms with van der Waals surface area (Å²) in [7, 11) is 0. The highest BCUT2D eigenvalue weighted by molar-refractivity contribution is 5.94. The second-order valence-electron chi connectivity index (χ2n) is 5.26. The van der Waals surface area contributed by atoms with Gasteiger partial charge >= 0.3 is 6.18 Å². The number of nitrogens with two attached hydrogens (primary N) is 1. The van der Waals surface area contributed by atoms with Crippen molar-refractivity contribution >= 4 is 5.91 Å². The molecule has 1 aromatic heterocycles. The maximum Gasteiger partial charge on any atom is 0.431 e. The number of carbonyl (C=O) groups is 1. The van der Waals surface area contributed by atoms with Gasteiger partial charge in [-0.2, -0.15) is 13.2 Å². The molecule has 1 aromatic rings. The lowest BCUT2D eigenvalue weighted by Gasteiger charge is -2.21. The summed E-state index contributed by atoms with van der Waals surface area (Å²) in [4.78, 5) is 27.2. The van der Waals surface area contributed by atoms with Gasteiger partial charge in [0.15, 0.2) is 0 Å². The number of rotatable bonds is 2. The Balaban J connectivity index is 2.27. The van der Waals surface area contributed by atoms with Crippen LogP contribution in [0.4, 0.5) is 13.2 Å². The molecule has 2 heterocycles. The van der Waals surface area contributed by atoms with E-state index < -0.39 is 23.3 Å². The van der Waals surface area contributed by atoms with Crippen LogP contribution in [-0.2, 0) is 6.18 Å². The Bertz CT molecular complexity index is 597. The average Bonchev–Trinajstić information content (AvgIpc) is 2.78. The first-order chi connectivity index (χ1) is 9.74. The quantitative estimate of drug-likeness (QED) is 0.861. The minimum Gasteiger partial charge on any atom is -0.335 e. The van der Waals surface area contributed by atoms with Crippen molar-refractivity contribution in [1.82, 2.24) is 9.88 Å². The summed E-state index contributed by atoms with van der Waals surface area (Å²) < 4.78 is 37.4. The first kappa shape index (κ1) is 15.6. The Morgan fingerprint density at radius 1 is 1.48 bits per heavy atom. The number of hydrogen-bond acceptors (Lipinski definition) is 3. The number of hydrogen-bond donors (Lipinski definition) is 2. The van der Waals surface area contributed by atoms with Crippen LogP contribution in [0.1, 0.15) is 29.4 Å². The van der Waals surface area contributed by atoms with Crippen molar-refractivity contribution in [1.29, 1.82) is 0 Å². The number of alkyl halides is 3. The predicted octanol–water partition coefficient (Wildman–Crippen LogP) is 1.20. The molecule has 0 saturated carbocycles. The van der Waals surface area contributed by atoms with Crippen LogP contribution in [-0.4, -0.2) is 34.9 Å². The van der Waals surface area contributed by atoms with Gasteiger partial charge in [-0.3, -0.25) is 9.59 Å². The summed E-state index contributed by atoms with van der Waals surface area (Å²) in [5.74, 6) is -0.411. The Morgan fingerprint density at radius 3 is 2.62 bits per heavy atom. The highest BCUT2D eigenvalue weighted by Crippen LogP contribution is 2.27. The molecule has 0 spiro atoms. The third-order valence-corrected chi connectivity index (χ3v) is 3.70. The molecule has 0 radical (unpaired) electrons. The number of amides is 1. The van der Waals surface area contributed by atoms with Crippen molar-refractivity contribution in [3.63, 3.8) is 0 Å². The molecule has 2 rings (SSSR count). The SMILES string of the molecule is CC1CC(CN)CN1C(=O)c1ccc(C(F)(F)F)[nH]c1=O. The molecule has 21 heavy (non-hydrogen) atoms. The van der Waals surface area contributed by atoms with E-state index >= 15 is 0 Å². The zero-order valence-corrected chi connectivity index (χ0v) is 11.4. The third kappa shape index (κ3) is 3.10. The van der Waals surface area contributed by atoms with E-state index in [1.807, 2.05) is 6.92 Å². The van der Waals surface area contributed by atoms with Crippen molar-refractivity contribution in [2.24, 2.45) is 11.7 Å². The van der Waals surface area contributed by atoms with Crippen molar-refractivity contribution in [3.8, 4) is 0 Å². The normalized spacial score (nSPS) is 22.6. The Kier molecular flexibility index (Phi) is 4.08. The highest BCUT2D eigenvalue weighted by atomic mass is 19.4. The van der Waals surface area contributed by atoms with E-state index in [0.717, 1.165) is 12.5 Å². The number of aromatic amines is 1. The number of aromatic nitrogens is 1. The second kappa shape index (κ2) is 5.51. The predicted molar refractivity (Wildman–Crippen MR) is 69.7 cm³/mol. The van der Waals surface area contributed by atoms with Gasteiger partial charge in [-0.05, 0) is 37.9 Å². The van der Waals surface area contributed by atoms with Gasteiger partial charge in [0.2, 0.25) is 0 Å². The fourth-order valence-corrected chi connectivity index (χ4v) is 2.56. The van der Waals surface area contributed by atoms with Gasteiger partial charge < -0.3 is 15.6 Å². The van der Waals surface area contributed by atoms with Gasteiger partial charge in [0, 0.05) is 12.6 Å².